The van der Waals surface area contributed by atoms with Crippen LogP contribution in [0.1, 0.15) is 12.0 Å². The quantitative estimate of drug-likeness (QED) is 0.798. The molecule has 4 heteroatoms. The fraction of sp³-hybridized carbons (Fsp3) is 0.417. The zero-order chi connectivity index (χ0) is 11.7. The van der Waals surface area contributed by atoms with Crippen LogP contribution in [0.25, 0.3) is 0 Å². The molecule has 1 aliphatic heterocycles. The highest BCUT2D eigenvalue weighted by molar-refractivity contribution is 8.00. The maximum Gasteiger partial charge on any atom is 0.235 e. The number of aryl methyl sites for hydroxylation is 1. The summed E-state index contributed by atoms with van der Waals surface area (Å²) in [6.07, 6.45) is 0.934. The minimum atomic E-state index is 0.0769. The van der Waals surface area contributed by atoms with Crippen molar-refractivity contribution in [2.45, 2.75) is 23.5 Å². The Morgan fingerprint density at radius 1 is 1.50 bits per heavy atom. The summed E-state index contributed by atoms with van der Waals surface area (Å²) in [7, 11) is 1.86. The highest BCUT2D eigenvalue weighted by atomic mass is 32.2. The number of nitrogens with zero attached hydrogens (tertiary/aromatic N) is 1. The van der Waals surface area contributed by atoms with Crippen molar-refractivity contribution in [1.29, 1.82) is 0 Å². The molecule has 0 aliphatic carbocycles. The van der Waals surface area contributed by atoms with Crippen LogP contribution in [0.4, 0.5) is 5.69 Å². The first-order valence-corrected chi connectivity index (χ1v) is 6.23. The van der Waals surface area contributed by atoms with Crippen LogP contribution in [0, 0.1) is 6.92 Å². The van der Waals surface area contributed by atoms with E-state index >= 15 is 0 Å². The third-order valence-electron chi connectivity index (χ3n) is 2.90. The average molecular weight is 236 g/mol. The number of benzene rings is 1. The van der Waals surface area contributed by atoms with Crippen LogP contribution in [0.2, 0.25) is 0 Å². The van der Waals surface area contributed by atoms with Crippen molar-refractivity contribution in [1.82, 2.24) is 4.90 Å². The standard InChI is InChI=1S/C12H16N2OS/c1-8-7-9(3-4-10(8)13)16-11-5-6-14(2)12(11)15/h3-4,7,11H,5-6,13H2,1-2H3. The van der Waals surface area contributed by atoms with Crippen molar-refractivity contribution >= 4 is 23.4 Å². The number of hydrogen-bond acceptors (Lipinski definition) is 3. The van der Waals surface area contributed by atoms with Gasteiger partial charge in [0.25, 0.3) is 0 Å². The summed E-state index contributed by atoms with van der Waals surface area (Å²) in [4.78, 5) is 14.7. The number of nitrogens with two attached hydrogens (primary N) is 1. The molecular weight excluding hydrogens is 220 g/mol. The first kappa shape index (κ1) is 11.3. The van der Waals surface area contributed by atoms with Crippen LogP contribution < -0.4 is 5.73 Å². The summed E-state index contributed by atoms with van der Waals surface area (Å²) < 4.78 is 0. The number of amides is 1. The molecule has 2 rings (SSSR count). The number of hydrogen-bond donors (Lipinski definition) is 1. The Labute approximate surface area is 100.0 Å². The second kappa shape index (κ2) is 4.37. The van der Waals surface area contributed by atoms with Crippen LogP contribution >= 0.6 is 11.8 Å². The summed E-state index contributed by atoms with van der Waals surface area (Å²) in [5.74, 6) is 0.236. The van der Waals surface area contributed by atoms with Crippen LogP contribution in [0.3, 0.4) is 0 Å². The molecule has 1 aliphatic rings. The maximum atomic E-state index is 11.7. The largest absolute Gasteiger partial charge is 0.399 e. The van der Waals surface area contributed by atoms with Crippen molar-refractivity contribution in [3.05, 3.63) is 23.8 Å². The third kappa shape index (κ3) is 2.16. The van der Waals surface area contributed by atoms with Crippen molar-refractivity contribution < 1.29 is 4.79 Å². The van der Waals surface area contributed by atoms with E-state index in [0.29, 0.717) is 0 Å². The third-order valence-corrected chi connectivity index (χ3v) is 4.15. The molecular formula is C12H16N2OS. The molecule has 1 atom stereocenters. The topological polar surface area (TPSA) is 46.3 Å². The zero-order valence-corrected chi connectivity index (χ0v) is 10.4. The van der Waals surface area contributed by atoms with Gasteiger partial charge >= 0.3 is 0 Å². The highest BCUT2D eigenvalue weighted by Gasteiger charge is 2.29. The molecule has 1 amide bonds. The smallest absolute Gasteiger partial charge is 0.235 e. The molecule has 3 nitrogen and oxygen atoms in total. The number of rotatable bonds is 2. The van der Waals surface area contributed by atoms with E-state index in [9.17, 15) is 4.79 Å². The lowest BCUT2D eigenvalue weighted by Crippen LogP contribution is -2.23. The van der Waals surface area contributed by atoms with Gasteiger partial charge < -0.3 is 10.6 Å². The Morgan fingerprint density at radius 2 is 2.25 bits per heavy atom. The Hall–Kier alpha value is -1.16. The molecule has 0 spiro atoms. The van der Waals surface area contributed by atoms with E-state index in [4.69, 9.17) is 5.73 Å². The summed E-state index contributed by atoms with van der Waals surface area (Å²) >= 11 is 1.64. The number of anilines is 1. The normalized spacial score (nSPS) is 20.5. The first-order chi connectivity index (χ1) is 7.58. The van der Waals surface area contributed by atoms with Gasteiger partial charge in [-0.15, -0.1) is 11.8 Å². The Bertz CT molecular complexity index is 419. The van der Waals surface area contributed by atoms with E-state index in [1.165, 1.54) is 0 Å². The number of likely N-dealkylation sites (tertiary alicyclic amines) is 1. The van der Waals surface area contributed by atoms with Crippen molar-refractivity contribution in [2.75, 3.05) is 19.3 Å². The second-order valence-electron chi connectivity index (χ2n) is 4.17. The number of thioether (sulfide) groups is 1. The molecule has 1 aromatic rings. The Kier molecular flexibility index (Phi) is 3.10. The highest BCUT2D eigenvalue weighted by Crippen LogP contribution is 2.31. The fourth-order valence-electron chi connectivity index (χ4n) is 1.79. The van der Waals surface area contributed by atoms with E-state index in [-0.39, 0.29) is 11.2 Å². The molecule has 86 valence electrons. The van der Waals surface area contributed by atoms with E-state index in [1.54, 1.807) is 16.7 Å². The molecule has 0 aromatic heterocycles. The van der Waals surface area contributed by atoms with Gasteiger partial charge in [0.15, 0.2) is 0 Å². The lowest BCUT2D eigenvalue weighted by atomic mass is 10.2. The van der Waals surface area contributed by atoms with Gasteiger partial charge in [-0.2, -0.15) is 0 Å². The van der Waals surface area contributed by atoms with Crippen molar-refractivity contribution in [3.8, 4) is 0 Å². The van der Waals surface area contributed by atoms with E-state index < -0.39 is 0 Å². The predicted molar refractivity (Wildman–Crippen MR) is 67.5 cm³/mol. The number of carbonyl (C=O) groups excluding carboxylic acids is 1. The fourth-order valence-corrected chi connectivity index (χ4v) is 3.01. The number of nitrogen functional groups attached to an aromatic ring is 1. The van der Waals surface area contributed by atoms with Crippen LogP contribution in [0.15, 0.2) is 23.1 Å². The van der Waals surface area contributed by atoms with Gasteiger partial charge in [-0.25, -0.2) is 0 Å². The Balaban J connectivity index is 2.10. The monoisotopic (exact) mass is 236 g/mol. The second-order valence-corrected chi connectivity index (χ2v) is 5.45. The van der Waals surface area contributed by atoms with E-state index in [0.717, 1.165) is 29.1 Å². The molecule has 1 heterocycles. The molecule has 16 heavy (non-hydrogen) atoms. The summed E-state index contributed by atoms with van der Waals surface area (Å²) in [5.41, 5.74) is 7.64. The maximum absolute atomic E-state index is 11.7. The van der Waals surface area contributed by atoms with Gasteiger partial charge in [0, 0.05) is 24.2 Å². The molecule has 1 fully saturated rings. The molecule has 0 saturated carbocycles. The lowest BCUT2D eigenvalue weighted by molar-refractivity contribution is -0.126. The minimum Gasteiger partial charge on any atom is -0.399 e. The molecule has 1 aromatic carbocycles. The molecule has 1 saturated heterocycles. The van der Waals surface area contributed by atoms with E-state index in [2.05, 4.69) is 0 Å². The van der Waals surface area contributed by atoms with Crippen molar-refractivity contribution in [2.24, 2.45) is 0 Å². The Morgan fingerprint density at radius 3 is 2.81 bits per heavy atom. The van der Waals surface area contributed by atoms with Gasteiger partial charge in [-0.3, -0.25) is 4.79 Å². The molecule has 0 bridgehead atoms. The average Bonchev–Trinajstić information content (AvgIpc) is 2.55. The number of carbonyl (C=O) groups is 1. The lowest BCUT2D eigenvalue weighted by Gasteiger charge is -2.10. The van der Waals surface area contributed by atoms with Crippen LogP contribution in [-0.2, 0) is 4.79 Å². The SMILES string of the molecule is Cc1cc(SC2CCN(C)C2=O)ccc1N. The predicted octanol–water partition coefficient (Wildman–Crippen LogP) is 1.90. The first-order valence-electron chi connectivity index (χ1n) is 5.35. The van der Waals surface area contributed by atoms with Gasteiger partial charge in [0.05, 0.1) is 5.25 Å². The van der Waals surface area contributed by atoms with Crippen LogP contribution in [-0.4, -0.2) is 29.6 Å². The molecule has 2 N–H and O–H groups in total. The summed E-state index contributed by atoms with van der Waals surface area (Å²) in [6.45, 7) is 2.85. The molecule has 0 radical (unpaired) electrons. The minimum absolute atomic E-state index is 0.0769. The summed E-state index contributed by atoms with van der Waals surface area (Å²) in [6, 6.07) is 5.94. The van der Waals surface area contributed by atoms with Gasteiger partial charge in [-0.1, -0.05) is 0 Å². The van der Waals surface area contributed by atoms with Crippen molar-refractivity contribution in [3.63, 3.8) is 0 Å². The van der Waals surface area contributed by atoms with E-state index in [1.807, 2.05) is 32.2 Å². The van der Waals surface area contributed by atoms with Gasteiger partial charge in [0.2, 0.25) is 5.91 Å². The molecule has 1 unspecified atom stereocenters. The van der Waals surface area contributed by atoms with Gasteiger partial charge in [-0.05, 0) is 37.1 Å². The summed E-state index contributed by atoms with van der Waals surface area (Å²) in [5, 5.41) is 0.0769. The zero-order valence-electron chi connectivity index (χ0n) is 9.56. The van der Waals surface area contributed by atoms with Gasteiger partial charge in [0.1, 0.15) is 0 Å². The van der Waals surface area contributed by atoms with Crippen LogP contribution in [0.5, 0.6) is 0 Å².